The zero-order chi connectivity index (χ0) is 9.84. The van der Waals surface area contributed by atoms with Crippen LogP contribution in [0.2, 0.25) is 0 Å². The molecule has 1 amide bonds. The van der Waals surface area contributed by atoms with E-state index in [1.807, 2.05) is 5.32 Å². The zero-order valence-electron chi connectivity index (χ0n) is 6.88. The van der Waals surface area contributed by atoms with Crippen LogP contribution in [-0.2, 0) is 0 Å². The van der Waals surface area contributed by atoms with Gasteiger partial charge in [0, 0.05) is 6.92 Å². The lowest BCUT2D eigenvalue weighted by Gasteiger charge is -1.99. The van der Waals surface area contributed by atoms with Crippen LogP contribution in [0.3, 0.4) is 0 Å². The summed E-state index contributed by atoms with van der Waals surface area (Å²) in [6, 6.07) is 0. The topological polar surface area (TPSA) is 55.1 Å². The van der Waals surface area contributed by atoms with Crippen molar-refractivity contribution in [1.29, 1.82) is 0 Å². The molecule has 0 aliphatic heterocycles. The number of amides is 1. The molecule has 0 saturated carbocycles. The fraction of sp³-hybridized carbons (Fsp3) is 0.429. The summed E-state index contributed by atoms with van der Waals surface area (Å²) in [6.45, 7) is 0.884. The van der Waals surface area contributed by atoms with Crippen molar-refractivity contribution in [2.75, 3.05) is 6.54 Å². The molecule has 6 heteroatoms. The van der Waals surface area contributed by atoms with Crippen LogP contribution in [0.25, 0.3) is 0 Å². The molecule has 0 saturated heterocycles. The van der Waals surface area contributed by atoms with Gasteiger partial charge in [-0.3, -0.25) is 4.79 Å². The minimum Gasteiger partial charge on any atom is -0.448 e. The molecule has 4 nitrogen and oxygen atoms in total. The molecule has 0 aliphatic rings. The fourth-order valence-corrected chi connectivity index (χ4v) is 0.728. The molecule has 1 aromatic heterocycles. The van der Waals surface area contributed by atoms with Crippen molar-refractivity contribution in [2.24, 2.45) is 0 Å². The fourth-order valence-electron chi connectivity index (χ4n) is 0.728. The monoisotopic (exact) mass is 190 g/mol. The minimum absolute atomic E-state index is 0.0122. The van der Waals surface area contributed by atoms with E-state index in [0.717, 1.165) is 6.26 Å². The van der Waals surface area contributed by atoms with E-state index in [-0.39, 0.29) is 5.69 Å². The molecule has 1 heterocycles. The number of nitrogens with zero attached hydrogens (tertiary/aromatic N) is 1. The number of halogens is 2. The molecule has 0 spiro atoms. The summed E-state index contributed by atoms with van der Waals surface area (Å²) in [7, 11) is 0. The Morgan fingerprint density at radius 3 is 2.92 bits per heavy atom. The predicted molar refractivity (Wildman–Crippen MR) is 39.6 cm³/mol. The lowest BCUT2D eigenvalue weighted by Crippen LogP contribution is -2.28. The molecule has 0 fully saturated rings. The largest absolute Gasteiger partial charge is 0.448 e. The molecule has 72 valence electrons. The Kier molecular flexibility index (Phi) is 2.94. The molecule has 1 N–H and O–H groups in total. The quantitative estimate of drug-likeness (QED) is 0.772. The standard InChI is InChI=1S/C7H8F2N2O2/c1-4-11-5(3-13-4)7(12)10-2-6(8)9/h3,6H,2H2,1H3,(H,10,12). The van der Waals surface area contributed by atoms with Crippen molar-refractivity contribution in [3.63, 3.8) is 0 Å². The zero-order valence-corrected chi connectivity index (χ0v) is 6.88. The van der Waals surface area contributed by atoms with Gasteiger partial charge < -0.3 is 9.73 Å². The first kappa shape index (κ1) is 9.63. The second-order valence-electron chi connectivity index (χ2n) is 2.35. The predicted octanol–water partition coefficient (Wildman–Crippen LogP) is 0.978. The van der Waals surface area contributed by atoms with Crippen LogP contribution in [0, 0.1) is 6.92 Å². The van der Waals surface area contributed by atoms with Gasteiger partial charge in [-0.15, -0.1) is 0 Å². The van der Waals surface area contributed by atoms with Gasteiger partial charge in [0.25, 0.3) is 12.3 Å². The van der Waals surface area contributed by atoms with Crippen LogP contribution < -0.4 is 5.32 Å². The highest BCUT2D eigenvalue weighted by Crippen LogP contribution is 2.00. The molecule has 0 radical (unpaired) electrons. The number of nitrogens with one attached hydrogen (secondary N) is 1. The van der Waals surface area contributed by atoms with Gasteiger partial charge in [-0.2, -0.15) is 0 Å². The second-order valence-corrected chi connectivity index (χ2v) is 2.35. The number of hydrogen-bond acceptors (Lipinski definition) is 3. The Morgan fingerprint density at radius 1 is 1.77 bits per heavy atom. The number of carbonyl (C=O) groups is 1. The summed E-state index contributed by atoms with van der Waals surface area (Å²) in [5.74, 6) is -0.334. The minimum atomic E-state index is -2.56. The van der Waals surface area contributed by atoms with Crippen LogP contribution >= 0.6 is 0 Å². The Hall–Kier alpha value is -1.46. The normalized spacial score (nSPS) is 10.5. The van der Waals surface area contributed by atoms with Crippen LogP contribution in [0.5, 0.6) is 0 Å². The Labute approximate surface area is 72.9 Å². The van der Waals surface area contributed by atoms with Crippen molar-refractivity contribution in [3.8, 4) is 0 Å². The molecular weight excluding hydrogens is 182 g/mol. The SMILES string of the molecule is Cc1nc(C(=O)NCC(F)F)co1. The molecule has 0 aromatic carbocycles. The van der Waals surface area contributed by atoms with Crippen molar-refractivity contribution in [1.82, 2.24) is 10.3 Å². The maximum Gasteiger partial charge on any atom is 0.273 e. The first-order chi connectivity index (χ1) is 6.09. The van der Waals surface area contributed by atoms with E-state index in [1.165, 1.54) is 0 Å². The molecule has 1 rings (SSSR count). The highest BCUT2D eigenvalue weighted by atomic mass is 19.3. The van der Waals surface area contributed by atoms with Crippen LogP contribution in [-0.4, -0.2) is 23.9 Å². The summed E-state index contributed by atoms with van der Waals surface area (Å²) in [5, 5.41) is 2.00. The van der Waals surface area contributed by atoms with E-state index < -0.39 is 18.9 Å². The van der Waals surface area contributed by atoms with E-state index in [0.29, 0.717) is 5.89 Å². The maximum absolute atomic E-state index is 11.7. The Bertz CT molecular complexity index is 298. The Balaban J connectivity index is 2.49. The Morgan fingerprint density at radius 2 is 2.46 bits per heavy atom. The van der Waals surface area contributed by atoms with Crippen molar-refractivity contribution in [3.05, 3.63) is 17.8 Å². The highest BCUT2D eigenvalue weighted by Gasteiger charge is 2.11. The van der Waals surface area contributed by atoms with Crippen LogP contribution in [0.4, 0.5) is 8.78 Å². The first-order valence-electron chi connectivity index (χ1n) is 3.58. The number of alkyl halides is 2. The van der Waals surface area contributed by atoms with E-state index >= 15 is 0 Å². The summed E-state index contributed by atoms with van der Waals surface area (Å²) >= 11 is 0. The van der Waals surface area contributed by atoms with Gasteiger partial charge in [-0.05, 0) is 0 Å². The highest BCUT2D eigenvalue weighted by molar-refractivity contribution is 5.91. The maximum atomic E-state index is 11.7. The number of carbonyl (C=O) groups excluding carboxylic acids is 1. The molecule has 13 heavy (non-hydrogen) atoms. The van der Waals surface area contributed by atoms with E-state index in [9.17, 15) is 13.6 Å². The average Bonchev–Trinajstić information content (AvgIpc) is 2.47. The number of oxazole rings is 1. The van der Waals surface area contributed by atoms with Gasteiger partial charge in [-0.25, -0.2) is 13.8 Å². The average molecular weight is 190 g/mol. The lowest BCUT2D eigenvalue weighted by molar-refractivity contribution is 0.0887. The molecule has 0 aliphatic carbocycles. The third-order valence-corrected chi connectivity index (χ3v) is 1.27. The van der Waals surface area contributed by atoms with Gasteiger partial charge in [0.2, 0.25) is 0 Å². The molecular formula is C7H8F2N2O2. The van der Waals surface area contributed by atoms with Gasteiger partial charge >= 0.3 is 0 Å². The number of hydrogen-bond donors (Lipinski definition) is 1. The summed E-state index contributed by atoms with van der Waals surface area (Å²) in [4.78, 5) is 14.7. The summed E-state index contributed by atoms with van der Waals surface area (Å²) < 4.78 is 28.0. The van der Waals surface area contributed by atoms with Gasteiger partial charge in [0.15, 0.2) is 11.6 Å². The van der Waals surface area contributed by atoms with Crippen molar-refractivity contribution < 1.29 is 18.0 Å². The third-order valence-electron chi connectivity index (χ3n) is 1.27. The summed E-state index contributed by atoms with van der Waals surface area (Å²) in [6.07, 6.45) is -1.44. The smallest absolute Gasteiger partial charge is 0.273 e. The second kappa shape index (κ2) is 3.97. The summed E-state index contributed by atoms with van der Waals surface area (Å²) in [5.41, 5.74) is 0.0122. The number of rotatable bonds is 3. The van der Waals surface area contributed by atoms with E-state index in [2.05, 4.69) is 4.98 Å². The molecule has 0 bridgehead atoms. The molecule has 0 atom stereocenters. The van der Waals surface area contributed by atoms with Crippen LogP contribution in [0.1, 0.15) is 16.4 Å². The van der Waals surface area contributed by atoms with Gasteiger partial charge in [-0.1, -0.05) is 0 Å². The van der Waals surface area contributed by atoms with E-state index in [4.69, 9.17) is 4.42 Å². The van der Waals surface area contributed by atoms with Gasteiger partial charge in [0.05, 0.1) is 6.54 Å². The van der Waals surface area contributed by atoms with Crippen LogP contribution in [0.15, 0.2) is 10.7 Å². The van der Waals surface area contributed by atoms with E-state index in [1.54, 1.807) is 6.92 Å². The molecule has 1 aromatic rings. The lowest BCUT2D eigenvalue weighted by atomic mass is 10.4. The third kappa shape index (κ3) is 2.81. The number of aromatic nitrogens is 1. The molecule has 0 unspecified atom stereocenters. The van der Waals surface area contributed by atoms with Crippen molar-refractivity contribution >= 4 is 5.91 Å². The number of aryl methyl sites for hydroxylation is 1. The van der Waals surface area contributed by atoms with Gasteiger partial charge in [0.1, 0.15) is 6.26 Å². The van der Waals surface area contributed by atoms with Crippen molar-refractivity contribution in [2.45, 2.75) is 13.3 Å². The first-order valence-corrected chi connectivity index (χ1v) is 3.58.